The molecular weight excluding hydrogens is 148 g/mol. The second kappa shape index (κ2) is 3.06. The Morgan fingerprint density at radius 3 is 2.64 bits per heavy atom. The third-order valence-corrected chi connectivity index (χ3v) is 2.14. The second-order valence-electron chi connectivity index (χ2n) is 3.17. The van der Waals surface area contributed by atoms with Crippen LogP contribution in [0.4, 0.5) is 0 Å². The van der Waals surface area contributed by atoms with Crippen LogP contribution in [0.5, 0.6) is 0 Å². The molecular formula is C7H14O4. The molecule has 0 aromatic heterocycles. The maximum Gasteiger partial charge on any atom is 0.183 e. The highest BCUT2D eigenvalue weighted by Gasteiger charge is 2.45. The van der Waals surface area contributed by atoms with Gasteiger partial charge in [-0.15, -0.1) is 0 Å². The van der Waals surface area contributed by atoms with E-state index >= 15 is 0 Å². The van der Waals surface area contributed by atoms with Crippen molar-refractivity contribution in [3.8, 4) is 0 Å². The van der Waals surface area contributed by atoms with Crippen molar-refractivity contribution in [1.82, 2.24) is 0 Å². The van der Waals surface area contributed by atoms with Gasteiger partial charge in [-0.1, -0.05) is 6.92 Å². The molecule has 0 amide bonds. The Bertz CT molecular complexity index is 138. The number of aliphatic hydroxyl groups is 2. The van der Waals surface area contributed by atoms with E-state index in [1.165, 1.54) is 7.11 Å². The van der Waals surface area contributed by atoms with Crippen LogP contribution in [0.3, 0.4) is 0 Å². The Labute approximate surface area is 65.7 Å². The third-order valence-electron chi connectivity index (χ3n) is 2.14. The average molecular weight is 162 g/mol. The summed E-state index contributed by atoms with van der Waals surface area (Å²) in [4.78, 5) is 0. The first-order chi connectivity index (χ1) is 5.14. The van der Waals surface area contributed by atoms with Crippen molar-refractivity contribution in [2.45, 2.75) is 19.3 Å². The van der Waals surface area contributed by atoms with Gasteiger partial charge in [0.25, 0.3) is 0 Å². The highest BCUT2D eigenvalue weighted by atomic mass is 16.7. The van der Waals surface area contributed by atoms with Gasteiger partial charge in [0, 0.05) is 12.5 Å². The fourth-order valence-corrected chi connectivity index (χ4v) is 1.11. The quantitative estimate of drug-likeness (QED) is 0.566. The highest BCUT2D eigenvalue weighted by Crippen LogP contribution is 2.32. The van der Waals surface area contributed by atoms with Gasteiger partial charge < -0.3 is 19.7 Å². The molecule has 0 radical (unpaired) electrons. The van der Waals surface area contributed by atoms with E-state index in [0.29, 0.717) is 6.61 Å². The predicted molar refractivity (Wildman–Crippen MR) is 37.9 cm³/mol. The molecule has 1 aliphatic rings. The first-order valence-corrected chi connectivity index (χ1v) is 3.57. The van der Waals surface area contributed by atoms with Crippen LogP contribution < -0.4 is 0 Å². The molecule has 1 fully saturated rings. The molecule has 0 bridgehead atoms. The van der Waals surface area contributed by atoms with Crippen molar-refractivity contribution >= 4 is 0 Å². The molecule has 0 aromatic carbocycles. The topological polar surface area (TPSA) is 58.9 Å². The smallest absolute Gasteiger partial charge is 0.183 e. The molecule has 1 aliphatic heterocycles. The highest BCUT2D eigenvalue weighted by molar-refractivity contribution is 4.89. The normalized spacial score (nSPS) is 44.7. The SMILES string of the molecule is CO[C@H]1OC[C@@](C)(CO)[C@@H]1O. The predicted octanol–water partition coefficient (Wildman–Crippen LogP) is -0.651. The monoisotopic (exact) mass is 162 g/mol. The Morgan fingerprint density at radius 1 is 1.73 bits per heavy atom. The summed E-state index contributed by atoms with van der Waals surface area (Å²) in [6.45, 7) is 2.01. The Morgan fingerprint density at radius 2 is 2.36 bits per heavy atom. The van der Waals surface area contributed by atoms with E-state index in [-0.39, 0.29) is 6.61 Å². The summed E-state index contributed by atoms with van der Waals surface area (Å²) in [5.74, 6) is 0. The molecule has 0 aromatic rings. The fourth-order valence-electron chi connectivity index (χ4n) is 1.11. The van der Waals surface area contributed by atoms with Gasteiger partial charge >= 0.3 is 0 Å². The van der Waals surface area contributed by atoms with Crippen molar-refractivity contribution in [3.63, 3.8) is 0 Å². The van der Waals surface area contributed by atoms with Crippen molar-refractivity contribution < 1.29 is 19.7 Å². The van der Waals surface area contributed by atoms with Crippen molar-refractivity contribution in [2.24, 2.45) is 5.41 Å². The summed E-state index contributed by atoms with van der Waals surface area (Å²) >= 11 is 0. The molecule has 66 valence electrons. The maximum atomic E-state index is 9.50. The number of methoxy groups -OCH3 is 1. The summed E-state index contributed by atoms with van der Waals surface area (Å²) < 4.78 is 9.93. The fraction of sp³-hybridized carbons (Fsp3) is 1.00. The van der Waals surface area contributed by atoms with E-state index in [2.05, 4.69) is 0 Å². The lowest BCUT2D eigenvalue weighted by Crippen LogP contribution is -2.38. The van der Waals surface area contributed by atoms with Gasteiger partial charge in [-0.05, 0) is 0 Å². The summed E-state index contributed by atoms with van der Waals surface area (Å²) in [6, 6.07) is 0. The molecule has 0 saturated carbocycles. The summed E-state index contributed by atoms with van der Waals surface area (Å²) in [5.41, 5.74) is -0.569. The van der Waals surface area contributed by atoms with Crippen molar-refractivity contribution in [3.05, 3.63) is 0 Å². The van der Waals surface area contributed by atoms with Crippen LogP contribution in [-0.2, 0) is 9.47 Å². The van der Waals surface area contributed by atoms with Crippen LogP contribution in [0.15, 0.2) is 0 Å². The molecule has 0 spiro atoms. The van der Waals surface area contributed by atoms with Crippen LogP contribution in [0.2, 0.25) is 0 Å². The molecule has 4 heteroatoms. The molecule has 3 atom stereocenters. The lowest BCUT2D eigenvalue weighted by atomic mass is 9.88. The maximum absolute atomic E-state index is 9.50. The van der Waals surface area contributed by atoms with Gasteiger partial charge in [0.1, 0.15) is 6.10 Å². The van der Waals surface area contributed by atoms with E-state index in [0.717, 1.165) is 0 Å². The first-order valence-electron chi connectivity index (χ1n) is 3.57. The largest absolute Gasteiger partial charge is 0.396 e. The van der Waals surface area contributed by atoms with E-state index in [4.69, 9.17) is 14.6 Å². The molecule has 2 N–H and O–H groups in total. The zero-order chi connectivity index (χ0) is 8.48. The summed E-state index contributed by atoms with van der Waals surface area (Å²) in [6.07, 6.45) is -1.33. The van der Waals surface area contributed by atoms with Gasteiger partial charge in [0.15, 0.2) is 6.29 Å². The zero-order valence-corrected chi connectivity index (χ0v) is 6.78. The minimum absolute atomic E-state index is 0.0893. The minimum Gasteiger partial charge on any atom is -0.396 e. The van der Waals surface area contributed by atoms with Gasteiger partial charge in [-0.3, -0.25) is 0 Å². The van der Waals surface area contributed by atoms with Gasteiger partial charge in [0.05, 0.1) is 13.2 Å². The average Bonchev–Trinajstić information content (AvgIpc) is 2.31. The Kier molecular flexibility index (Phi) is 2.49. The number of ether oxygens (including phenoxy) is 2. The zero-order valence-electron chi connectivity index (χ0n) is 6.78. The van der Waals surface area contributed by atoms with E-state index in [1.807, 2.05) is 0 Å². The molecule has 4 nitrogen and oxygen atoms in total. The molecule has 1 rings (SSSR count). The molecule has 11 heavy (non-hydrogen) atoms. The lowest BCUT2D eigenvalue weighted by Gasteiger charge is -2.23. The van der Waals surface area contributed by atoms with E-state index < -0.39 is 17.8 Å². The summed E-state index contributed by atoms with van der Waals surface area (Å²) in [5, 5.41) is 18.4. The number of hydrogen-bond donors (Lipinski definition) is 2. The number of rotatable bonds is 2. The van der Waals surface area contributed by atoms with Crippen LogP contribution in [0.25, 0.3) is 0 Å². The minimum atomic E-state index is -0.738. The number of hydrogen-bond acceptors (Lipinski definition) is 4. The summed E-state index contributed by atoms with van der Waals surface area (Å²) in [7, 11) is 1.47. The van der Waals surface area contributed by atoms with Crippen LogP contribution in [0, 0.1) is 5.41 Å². The van der Waals surface area contributed by atoms with Crippen LogP contribution >= 0.6 is 0 Å². The second-order valence-corrected chi connectivity index (χ2v) is 3.17. The van der Waals surface area contributed by atoms with E-state index in [1.54, 1.807) is 6.92 Å². The Balaban J connectivity index is 2.61. The van der Waals surface area contributed by atoms with Crippen LogP contribution in [-0.4, -0.2) is 42.9 Å². The molecule has 1 saturated heterocycles. The van der Waals surface area contributed by atoms with Crippen molar-refractivity contribution in [2.75, 3.05) is 20.3 Å². The van der Waals surface area contributed by atoms with Gasteiger partial charge in [-0.2, -0.15) is 0 Å². The molecule has 1 heterocycles. The first kappa shape index (κ1) is 8.93. The van der Waals surface area contributed by atoms with Crippen molar-refractivity contribution in [1.29, 1.82) is 0 Å². The van der Waals surface area contributed by atoms with Gasteiger partial charge in [-0.25, -0.2) is 0 Å². The number of aliphatic hydroxyl groups excluding tert-OH is 2. The van der Waals surface area contributed by atoms with E-state index in [9.17, 15) is 5.11 Å². The lowest BCUT2D eigenvalue weighted by molar-refractivity contribution is -0.136. The third kappa shape index (κ3) is 1.39. The standard InChI is InChI=1S/C7H14O4/c1-7(3-8)4-11-6(10-2)5(7)9/h5-6,8-9H,3-4H2,1-2H3/t5-,6+,7-/m1/s1. The molecule has 0 unspecified atom stereocenters. The van der Waals surface area contributed by atoms with Gasteiger partial charge in [0.2, 0.25) is 0 Å². The van der Waals surface area contributed by atoms with Crippen LogP contribution in [0.1, 0.15) is 6.92 Å². The Hall–Kier alpha value is -0.160. The molecule has 0 aliphatic carbocycles.